The van der Waals surface area contributed by atoms with Crippen molar-refractivity contribution in [2.75, 3.05) is 6.54 Å². The van der Waals surface area contributed by atoms with Crippen LogP contribution in [-0.4, -0.2) is 11.5 Å². The van der Waals surface area contributed by atoms with Crippen LogP contribution in [0.15, 0.2) is 30.5 Å². The predicted molar refractivity (Wildman–Crippen MR) is 53.7 cm³/mol. The number of pyridine rings is 1. The quantitative estimate of drug-likeness (QED) is 0.548. The average molecular weight is 195 g/mol. The molecule has 0 bridgehead atoms. The lowest BCUT2D eigenvalue weighted by Gasteiger charge is -2.19. The van der Waals surface area contributed by atoms with Crippen LogP contribution in [0.1, 0.15) is 18.0 Å². The van der Waals surface area contributed by atoms with E-state index in [0.29, 0.717) is 11.2 Å². The van der Waals surface area contributed by atoms with E-state index in [1.165, 1.54) is 5.56 Å². The Labute approximate surface area is 82.6 Å². The first kappa shape index (κ1) is 8.73. The van der Waals surface area contributed by atoms with Crippen LogP contribution >= 0.6 is 11.6 Å². The van der Waals surface area contributed by atoms with Crippen molar-refractivity contribution in [3.63, 3.8) is 0 Å². The van der Waals surface area contributed by atoms with Gasteiger partial charge in [-0.05, 0) is 18.1 Å². The van der Waals surface area contributed by atoms with Crippen molar-refractivity contribution in [3.05, 3.63) is 41.2 Å². The van der Waals surface area contributed by atoms with Gasteiger partial charge in [0.05, 0.1) is 0 Å². The third-order valence-corrected chi connectivity index (χ3v) is 2.40. The highest BCUT2D eigenvalue weighted by molar-refractivity contribution is 6.29. The molecule has 0 fully saturated rings. The fraction of sp³-hybridized carbons (Fsp3) is 0.300. The lowest BCUT2D eigenvalue weighted by atomic mass is 10.0. The highest BCUT2D eigenvalue weighted by Gasteiger charge is 2.10. The molecule has 1 aliphatic rings. The van der Waals surface area contributed by atoms with Gasteiger partial charge in [0.1, 0.15) is 5.15 Å². The van der Waals surface area contributed by atoms with E-state index in [4.69, 9.17) is 11.6 Å². The maximum absolute atomic E-state index is 5.71. The summed E-state index contributed by atoms with van der Waals surface area (Å²) >= 11 is 5.71. The molecule has 0 amide bonds. The maximum Gasteiger partial charge on any atom is 0.129 e. The second-order valence-corrected chi connectivity index (χ2v) is 3.47. The van der Waals surface area contributed by atoms with Crippen LogP contribution in [0, 0.1) is 0 Å². The van der Waals surface area contributed by atoms with Crippen molar-refractivity contribution < 1.29 is 0 Å². The molecule has 1 aliphatic heterocycles. The van der Waals surface area contributed by atoms with Crippen molar-refractivity contribution in [1.82, 2.24) is 10.3 Å². The number of halogens is 1. The molecule has 0 saturated heterocycles. The van der Waals surface area contributed by atoms with Crippen LogP contribution in [0.5, 0.6) is 0 Å². The molecule has 3 heteroatoms. The molecule has 13 heavy (non-hydrogen) atoms. The first-order valence-corrected chi connectivity index (χ1v) is 4.74. The molecule has 1 atom stereocenters. The van der Waals surface area contributed by atoms with Gasteiger partial charge in [-0.15, -0.1) is 0 Å². The molecule has 0 spiro atoms. The minimum absolute atomic E-state index is 0.398. The highest BCUT2D eigenvalue weighted by Crippen LogP contribution is 2.19. The second-order valence-electron chi connectivity index (χ2n) is 3.08. The zero-order valence-corrected chi connectivity index (χ0v) is 7.96. The van der Waals surface area contributed by atoms with Crippen LogP contribution < -0.4 is 5.32 Å². The number of aromatic nitrogens is 1. The SMILES string of the molecule is Clc1ccc(C2CC=CCN2)cn1. The summed E-state index contributed by atoms with van der Waals surface area (Å²) in [5, 5.41) is 3.94. The average Bonchev–Trinajstić information content (AvgIpc) is 2.20. The summed E-state index contributed by atoms with van der Waals surface area (Å²) in [6.45, 7) is 0.938. The summed E-state index contributed by atoms with van der Waals surface area (Å²) in [5.74, 6) is 0. The van der Waals surface area contributed by atoms with Crippen molar-refractivity contribution >= 4 is 11.6 Å². The van der Waals surface area contributed by atoms with E-state index in [0.717, 1.165) is 13.0 Å². The third-order valence-electron chi connectivity index (χ3n) is 2.17. The Kier molecular flexibility index (Phi) is 2.62. The van der Waals surface area contributed by atoms with E-state index in [9.17, 15) is 0 Å². The van der Waals surface area contributed by atoms with Gasteiger partial charge in [-0.3, -0.25) is 0 Å². The minimum Gasteiger partial charge on any atom is -0.306 e. The Morgan fingerprint density at radius 1 is 1.38 bits per heavy atom. The van der Waals surface area contributed by atoms with E-state index in [2.05, 4.69) is 22.5 Å². The van der Waals surface area contributed by atoms with Gasteiger partial charge >= 0.3 is 0 Å². The number of hydrogen-bond donors (Lipinski definition) is 1. The van der Waals surface area contributed by atoms with Gasteiger partial charge in [-0.1, -0.05) is 29.8 Å². The van der Waals surface area contributed by atoms with Gasteiger partial charge in [-0.2, -0.15) is 0 Å². The lowest BCUT2D eigenvalue weighted by Crippen LogP contribution is -2.23. The summed E-state index contributed by atoms with van der Waals surface area (Å²) in [4.78, 5) is 4.06. The van der Waals surface area contributed by atoms with E-state index < -0.39 is 0 Å². The van der Waals surface area contributed by atoms with Crippen LogP contribution in [0.2, 0.25) is 5.15 Å². The number of hydrogen-bond acceptors (Lipinski definition) is 2. The Morgan fingerprint density at radius 2 is 2.31 bits per heavy atom. The van der Waals surface area contributed by atoms with Crippen LogP contribution in [0.3, 0.4) is 0 Å². The summed E-state index contributed by atoms with van der Waals surface area (Å²) in [5.41, 5.74) is 1.20. The standard InChI is InChI=1S/C10H11ClN2/c11-10-5-4-8(7-13-10)9-3-1-2-6-12-9/h1-2,4-5,7,9,12H,3,6H2. The molecule has 1 N–H and O–H groups in total. The van der Waals surface area contributed by atoms with E-state index >= 15 is 0 Å². The lowest BCUT2D eigenvalue weighted by molar-refractivity contribution is 0.553. The molecule has 1 aromatic rings. The molecule has 1 aromatic heterocycles. The van der Waals surface area contributed by atoms with Crippen LogP contribution in [0.25, 0.3) is 0 Å². The van der Waals surface area contributed by atoms with Crippen LogP contribution in [0.4, 0.5) is 0 Å². The van der Waals surface area contributed by atoms with Gasteiger partial charge in [-0.25, -0.2) is 4.98 Å². The van der Waals surface area contributed by atoms with Gasteiger partial charge in [0.25, 0.3) is 0 Å². The summed E-state index contributed by atoms with van der Waals surface area (Å²) in [7, 11) is 0. The first-order valence-electron chi connectivity index (χ1n) is 4.36. The molecular weight excluding hydrogens is 184 g/mol. The summed E-state index contributed by atoms with van der Waals surface area (Å²) in [6, 6.07) is 4.25. The minimum atomic E-state index is 0.398. The molecular formula is C10H11ClN2. The maximum atomic E-state index is 5.71. The smallest absolute Gasteiger partial charge is 0.129 e. The molecule has 2 nitrogen and oxygen atoms in total. The molecule has 0 aliphatic carbocycles. The molecule has 0 saturated carbocycles. The predicted octanol–water partition coefficient (Wildman–Crippen LogP) is 2.33. The first-order chi connectivity index (χ1) is 6.36. The molecule has 2 rings (SSSR count). The van der Waals surface area contributed by atoms with Gasteiger partial charge in [0.2, 0.25) is 0 Å². The number of rotatable bonds is 1. The number of nitrogens with zero attached hydrogens (tertiary/aromatic N) is 1. The summed E-state index contributed by atoms with van der Waals surface area (Å²) < 4.78 is 0. The van der Waals surface area contributed by atoms with E-state index in [1.54, 1.807) is 0 Å². The van der Waals surface area contributed by atoms with Crippen molar-refractivity contribution in [3.8, 4) is 0 Å². The van der Waals surface area contributed by atoms with E-state index in [-0.39, 0.29) is 0 Å². The topological polar surface area (TPSA) is 24.9 Å². The normalized spacial score (nSPS) is 21.8. The van der Waals surface area contributed by atoms with Crippen molar-refractivity contribution in [2.45, 2.75) is 12.5 Å². The Bertz CT molecular complexity index is 305. The Morgan fingerprint density at radius 3 is 2.92 bits per heavy atom. The monoisotopic (exact) mass is 194 g/mol. The van der Waals surface area contributed by atoms with E-state index in [1.807, 2.05) is 18.3 Å². The fourth-order valence-electron chi connectivity index (χ4n) is 1.46. The zero-order valence-electron chi connectivity index (χ0n) is 7.20. The van der Waals surface area contributed by atoms with Gasteiger partial charge in [0, 0.05) is 18.8 Å². The molecule has 68 valence electrons. The van der Waals surface area contributed by atoms with Crippen molar-refractivity contribution in [2.24, 2.45) is 0 Å². The van der Waals surface area contributed by atoms with Gasteiger partial charge < -0.3 is 5.32 Å². The molecule has 2 heterocycles. The van der Waals surface area contributed by atoms with Crippen LogP contribution in [-0.2, 0) is 0 Å². The zero-order chi connectivity index (χ0) is 9.10. The third kappa shape index (κ3) is 2.08. The number of nitrogens with one attached hydrogen (secondary N) is 1. The highest BCUT2D eigenvalue weighted by atomic mass is 35.5. The Balaban J connectivity index is 2.15. The Hall–Kier alpha value is -0.860. The molecule has 0 aromatic carbocycles. The summed E-state index contributed by atoms with van der Waals surface area (Å²) in [6.07, 6.45) is 7.19. The molecule has 1 unspecified atom stereocenters. The van der Waals surface area contributed by atoms with Gasteiger partial charge in [0.15, 0.2) is 0 Å². The fourth-order valence-corrected chi connectivity index (χ4v) is 1.57. The van der Waals surface area contributed by atoms with Crippen molar-refractivity contribution in [1.29, 1.82) is 0 Å². The largest absolute Gasteiger partial charge is 0.306 e. The second kappa shape index (κ2) is 3.90. The molecule has 0 radical (unpaired) electrons.